The standard InChI is InChI=1S/C14H13NO2.Li/c16-14(17)13(12-6-8-15-9-7-12)10-11-4-2-1-3-5-11;/h1-9,13H,10H2,(H,16,17);/q;+1/p-1. The third-order valence-corrected chi connectivity index (χ3v) is 2.68. The van der Waals surface area contributed by atoms with Gasteiger partial charge in [0.1, 0.15) is 0 Å². The summed E-state index contributed by atoms with van der Waals surface area (Å²) >= 11 is 0. The Morgan fingerprint density at radius 1 is 1.11 bits per heavy atom. The molecule has 0 saturated carbocycles. The van der Waals surface area contributed by atoms with E-state index >= 15 is 0 Å². The number of aromatic nitrogens is 1. The van der Waals surface area contributed by atoms with Gasteiger partial charge in [-0.3, -0.25) is 4.98 Å². The van der Waals surface area contributed by atoms with E-state index in [2.05, 4.69) is 4.98 Å². The summed E-state index contributed by atoms with van der Waals surface area (Å²) in [6.45, 7) is 0. The zero-order chi connectivity index (χ0) is 12.1. The second kappa shape index (κ2) is 7.00. The first-order valence-electron chi connectivity index (χ1n) is 5.42. The summed E-state index contributed by atoms with van der Waals surface area (Å²) in [5, 5.41) is 11.2. The van der Waals surface area contributed by atoms with Crippen molar-refractivity contribution in [2.75, 3.05) is 0 Å². The molecule has 1 aromatic heterocycles. The van der Waals surface area contributed by atoms with Gasteiger partial charge in [0.15, 0.2) is 0 Å². The molecule has 2 rings (SSSR count). The summed E-state index contributed by atoms with van der Waals surface area (Å²) in [5.74, 6) is -1.68. The number of carboxylic acids is 1. The van der Waals surface area contributed by atoms with Crippen molar-refractivity contribution in [1.82, 2.24) is 4.98 Å². The fourth-order valence-corrected chi connectivity index (χ4v) is 1.78. The van der Waals surface area contributed by atoms with Crippen LogP contribution in [-0.2, 0) is 11.2 Å². The second-order valence-electron chi connectivity index (χ2n) is 3.84. The maximum atomic E-state index is 11.2. The molecule has 0 radical (unpaired) electrons. The Bertz CT molecular complexity index is 488. The van der Waals surface area contributed by atoms with E-state index in [0.29, 0.717) is 6.42 Å². The first-order chi connectivity index (χ1) is 8.27. The van der Waals surface area contributed by atoms with Crippen LogP contribution >= 0.6 is 0 Å². The van der Waals surface area contributed by atoms with Gasteiger partial charge >= 0.3 is 18.9 Å². The molecule has 0 fully saturated rings. The van der Waals surface area contributed by atoms with Crippen molar-refractivity contribution in [3.63, 3.8) is 0 Å². The number of hydrogen-bond acceptors (Lipinski definition) is 3. The minimum absolute atomic E-state index is 0. The van der Waals surface area contributed by atoms with E-state index in [0.717, 1.165) is 11.1 Å². The minimum Gasteiger partial charge on any atom is -0.549 e. The fraction of sp³-hybridized carbons (Fsp3) is 0.143. The van der Waals surface area contributed by atoms with Gasteiger partial charge in [-0.25, -0.2) is 0 Å². The molecule has 0 spiro atoms. The molecule has 1 atom stereocenters. The Kier molecular flexibility index (Phi) is 5.64. The van der Waals surface area contributed by atoms with Crippen molar-refractivity contribution in [3.05, 3.63) is 66.0 Å². The molecular formula is C14H12LiNO2. The fourth-order valence-electron chi connectivity index (χ4n) is 1.78. The monoisotopic (exact) mass is 233 g/mol. The van der Waals surface area contributed by atoms with E-state index in [9.17, 15) is 9.90 Å². The largest absolute Gasteiger partial charge is 1.00 e. The summed E-state index contributed by atoms with van der Waals surface area (Å²) in [6.07, 6.45) is 3.62. The summed E-state index contributed by atoms with van der Waals surface area (Å²) in [4.78, 5) is 15.1. The molecule has 1 aromatic carbocycles. The molecule has 0 saturated heterocycles. The Morgan fingerprint density at radius 2 is 1.72 bits per heavy atom. The molecule has 0 bridgehead atoms. The van der Waals surface area contributed by atoms with E-state index in [1.807, 2.05) is 30.3 Å². The molecule has 4 heteroatoms. The number of aliphatic carboxylic acids is 1. The van der Waals surface area contributed by atoms with E-state index in [1.165, 1.54) is 0 Å². The molecule has 3 nitrogen and oxygen atoms in total. The number of rotatable bonds is 4. The number of carbonyl (C=O) groups excluding carboxylic acids is 1. The Hall–Kier alpha value is -1.56. The van der Waals surface area contributed by atoms with Gasteiger partial charge in [0, 0.05) is 24.3 Å². The van der Waals surface area contributed by atoms with Gasteiger partial charge in [0.25, 0.3) is 0 Å². The Morgan fingerprint density at radius 3 is 2.28 bits per heavy atom. The molecule has 0 aliphatic carbocycles. The number of hydrogen-bond donors (Lipinski definition) is 0. The number of nitrogens with zero attached hydrogens (tertiary/aromatic N) is 1. The van der Waals surface area contributed by atoms with Crippen molar-refractivity contribution in [2.45, 2.75) is 12.3 Å². The van der Waals surface area contributed by atoms with E-state index < -0.39 is 11.9 Å². The van der Waals surface area contributed by atoms with E-state index in [1.54, 1.807) is 24.5 Å². The third kappa shape index (κ3) is 3.73. The maximum Gasteiger partial charge on any atom is 1.00 e. The summed E-state index contributed by atoms with van der Waals surface area (Å²) in [7, 11) is 0. The van der Waals surface area contributed by atoms with Crippen LogP contribution in [0, 0.1) is 0 Å². The first-order valence-corrected chi connectivity index (χ1v) is 5.42. The number of benzene rings is 1. The van der Waals surface area contributed by atoms with Crippen LogP contribution in [0.1, 0.15) is 17.0 Å². The van der Waals surface area contributed by atoms with Gasteiger partial charge in [-0.2, -0.15) is 0 Å². The second-order valence-corrected chi connectivity index (χ2v) is 3.84. The van der Waals surface area contributed by atoms with Crippen LogP contribution in [-0.4, -0.2) is 11.0 Å². The maximum absolute atomic E-state index is 11.2. The molecule has 0 amide bonds. The van der Waals surface area contributed by atoms with Crippen molar-refractivity contribution >= 4 is 5.97 Å². The molecule has 0 aliphatic heterocycles. The van der Waals surface area contributed by atoms with Gasteiger partial charge in [-0.1, -0.05) is 30.3 Å². The molecule has 2 aromatic rings. The predicted molar refractivity (Wildman–Crippen MR) is 62.1 cm³/mol. The summed E-state index contributed by atoms with van der Waals surface area (Å²) < 4.78 is 0. The normalized spacial score (nSPS) is 11.3. The van der Waals surface area contributed by atoms with Crippen molar-refractivity contribution in [1.29, 1.82) is 0 Å². The van der Waals surface area contributed by atoms with Crippen LogP contribution < -0.4 is 24.0 Å². The third-order valence-electron chi connectivity index (χ3n) is 2.68. The number of carbonyl (C=O) groups is 1. The Balaban J connectivity index is 0.00000162. The predicted octanol–water partition coefficient (Wildman–Crippen LogP) is -1.84. The average molecular weight is 233 g/mol. The van der Waals surface area contributed by atoms with Crippen LogP contribution in [0.3, 0.4) is 0 Å². The van der Waals surface area contributed by atoms with Crippen LogP contribution in [0.5, 0.6) is 0 Å². The van der Waals surface area contributed by atoms with E-state index in [-0.39, 0.29) is 18.9 Å². The summed E-state index contributed by atoms with van der Waals surface area (Å²) in [6, 6.07) is 13.0. The topological polar surface area (TPSA) is 53.0 Å². The summed E-state index contributed by atoms with van der Waals surface area (Å²) in [5.41, 5.74) is 1.71. The average Bonchev–Trinajstić information content (AvgIpc) is 2.38. The SMILES string of the molecule is O=C([O-])C(Cc1ccccc1)c1ccncc1.[Li+]. The van der Waals surface area contributed by atoms with Crippen LogP contribution in [0.2, 0.25) is 0 Å². The van der Waals surface area contributed by atoms with Crippen LogP contribution in [0.15, 0.2) is 54.9 Å². The molecular weight excluding hydrogens is 221 g/mol. The molecule has 86 valence electrons. The van der Waals surface area contributed by atoms with Crippen molar-refractivity contribution in [2.24, 2.45) is 0 Å². The van der Waals surface area contributed by atoms with Gasteiger partial charge in [0.05, 0.1) is 0 Å². The molecule has 0 N–H and O–H groups in total. The van der Waals surface area contributed by atoms with Crippen molar-refractivity contribution < 1.29 is 28.8 Å². The van der Waals surface area contributed by atoms with Crippen molar-refractivity contribution in [3.8, 4) is 0 Å². The smallest absolute Gasteiger partial charge is 0.549 e. The molecule has 1 heterocycles. The molecule has 18 heavy (non-hydrogen) atoms. The van der Waals surface area contributed by atoms with Gasteiger partial charge in [-0.05, 0) is 29.7 Å². The molecule has 1 unspecified atom stereocenters. The van der Waals surface area contributed by atoms with Gasteiger partial charge < -0.3 is 9.90 Å². The Labute approximate surface area is 118 Å². The molecule has 0 aliphatic rings. The van der Waals surface area contributed by atoms with Gasteiger partial charge in [-0.15, -0.1) is 0 Å². The minimum atomic E-state index is -1.06. The quantitative estimate of drug-likeness (QED) is 0.583. The van der Waals surface area contributed by atoms with Crippen LogP contribution in [0.4, 0.5) is 0 Å². The van der Waals surface area contributed by atoms with E-state index in [4.69, 9.17) is 0 Å². The zero-order valence-electron chi connectivity index (χ0n) is 10.2. The van der Waals surface area contributed by atoms with Crippen LogP contribution in [0.25, 0.3) is 0 Å². The first kappa shape index (κ1) is 14.5. The zero-order valence-corrected chi connectivity index (χ0v) is 10.2. The number of carboxylic acid groups (broad SMARTS) is 1. The number of pyridine rings is 1. The van der Waals surface area contributed by atoms with Gasteiger partial charge in [0.2, 0.25) is 0 Å².